The first-order chi connectivity index (χ1) is 9.16. The highest BCUT2D eigenvalue weighted by molar-refractivity contribution is 5.92. The first-order valence-corrected chi connectivity index (χ1v) is 6.02. The van der Waals surface area contributed by atoms with Gasteiger partial charge in [0.2, 0.25) is 5.91 Å². The molecule has 1 atom stereocenters. The van der Waals surface area contributed by atoms with Crippen molar-refractivity contribution in [3.8, 4) is 5.82 Å². The van der Waals surface area contributed by atoms with Crippen molar-refractivity contribution in [2.75, 3.05) is 5.32 Å². The predicted octanol–water partition coefficient (Wildman–Crippen LogP) is 1.57. The summed E-state index contributed by atoms with van der Waals surface area (Å²) in [7, 11) is 0. The van der Waals surface area contributed by atoms with Crippen LogP contribution in [0.3, 0.4) is 0 Å². The van der Waals surface area contributed by atoms with E-state index in [1.54, 1.807) is 18.3 Å². The molecule has 3 N–H and O–H groups in total. The van der Waals surface area contributed by atoms with Gasteiger partial charge in [0.1, 0.15) is 12.7 Å². The van der Waals surface area contributed by atoms with Gasteiger partial charge in [-0.25, -0.2) is 14.6 Å². The summed E-state index contributed by atoms with van der Waals surface area (Å²) in [6.07, 6.45) is 5.60. The van der Waals surface area contributed by atoms with Gasteiger partial charge in [0.15, 0.2) is 5.82 Å². The van der Waals surface area contributed by atoms with Crippen molar-refractivity contribution < 1.29 is 4.79 Å². The van der Waals surface area contributed by atoms with Gasteiger partial charge in [0, 0.05) is 18.7 Å². The number of carbonyl (C=O) groups is 1. The summed E-state index contributed by atoms with van der Waals surface area (Å²) >= 11 is 0. The van der Waals surface area contributed by atoms with Gasteiger partial charge in [-0.05, 0) is 25.5 Å². The fourth-order valence-electron chi connectivity index (χ4n) is 1.57. The molecule has 2 aromatic heterocycles. The van der Waals surface area contributed by atoms with Crippen molar-refractivity contribution in [3.05, 3.63) is 31.0 Å². The maximum absolute atomic E-state index is 11.8. The topological polar surface area (TPSA) is 98.7 Å². The summed E-state index contributed by atoms with van der Waals surface area (Å²) in [5.41, 5.74) is 6.23. The molecule has 0 bridgehead atoms. The SMILES string of the molecule is CC(N)CCC(=O)Nc1cccnc1-n1cncn1.Cl.Cl. The van der Waals surface area contributed by atoms with Gasteiger partial charge < -0.3 is 11.1 Å². The van der Waals surface area contributed by atoms with E-state index in [9.17, 15) is 4.79 Å². The van der Waals surface area contributed by atoms with Crippen LogP contribution in [0.4, 0.5) is 5.69 Å². The first-order valence-electron chi connectivity index (χ1n) is 6.02. The molecule has 0 radical (unpaired) electrons. The quantitative estimate of drug-likeness (QED) is 0.865. The summed E-state index contributed by atoms with van der Waals surface area (Å²) in [5.74, 6) is 0.445. The second kappa shape index (κ2) is 9.28. The fourth-order valence-corrected chi connectivity index (χ4v) is 1.57. The lowest BCUT2D eigenvalue weighted by Gasteiger charge is -2.10. The number of nitrogens with one attached hydrogen (secondary N) is 1. The monoisotopic (exact) mass is 332 g/mol. The van der Waals surface area contributed by atoms with E-state index in [2.05, 4.69) is 20.4 Å². The van der Waals surface area contributed by atoms with E-state index >= 15 is 0 Å². The number of pyridine rings is 1. The summed E-state index contributed by atoms with van der Waals surface area (Å²) in [4.78, 5) is 19.9. The van der Waals surface area contributed by atoms with Crippen molar-refractivity contribution in [1.29, 1.82) is 0 Å². The molecule has 1 amide bonds. The van der Waals surface area contributed by atoms with E-state index in [0.717, 1.165) is 0 Å². The lowest BCUT2D eigenvalue weighted by atomic mass is 10.2. The Bertz CT molecular complexity index is 546. The third kappa shape index (κ3) is 5.66. The largest absolute Gasteiger partial charge is 0.328 e. The van der Waals surface area contributed by atoms with Crippen molar-refractivity contribution in [2.24, 2.45) is 5.73 Å². The highest BCUT2D eigenvalue weighted by Gasteiger charge is 2.10. The number of halogens is 2. The summed E-state index contributed by atoms with van der Waals surface area (Å²) in [6, 6.07) is 3.53. The Kier molecular flexibility index (Phi) is 8.52. The number of anilines is 1. The molecule has 2 rings (SSSR count). The number of carbonyl (C=O) groups excluding carboxylic acids is 1. The molecule has 0 saturated carbocycles. The Morgan fingerprint density at radius 2 is 2.24 bits per heavy atom. The lowest BCUT2D eigenvalue weighted by molar-refractivity contribution is -0.116. The number of amides is 1. The third-order valence-electron chi connectivity index (χ3n) is 2.52. The zero-order valence-corrected chi connectivity index (χ0v) is 13.1. The van der Waals surface area contributed by atoms with E-state index in [1.807, 2.05) is 6.92 Å². The molecule has 21 heavy (non-hydrogen) atoms. The van der Waals surface area contributed by atoms with Crippen LogP contribution in [0.25, 0.3) is 5.82 Å². The minimum absolute atomic E-state index is 0. The maximum Gasteiger partial charge on any atom is 0.224 e. The Morgan fingerprint density at radius 3 is 2.86 bits per heavy atom. The lowest BCUT2D eigenvalue weighted by Crippen LogP contribution is -2.20. The van der Waals surface area contributed by atoms with E-state index in [0.29, 0.717) is 24.3 Å². The Hall–Kier alpha value is -1.70. The normalized spacial score (nSPS) is 11.0. The van der Waals surface area contributed by atoms with Gasteiger partial charge in [-0.2, -0.15) is 5.10 Å². The fraction of sp³-hybridized carbons (Fsp3) is 0.333. The predicted molar refractivity (Wildman–Crippen MR) is 85.2 cm³/mol. The zero-order valence-electron chi connectivity index (χ0n) is 11.5. The van der Waals surface area contributed by atoms with E-state index in [1.165, 1.54) is 17.3 Å². The minimum atomic E-state index is -0.0911. The van der Waals surface area contributed by atoms with E-state index < -0.39 is 0 Å². The van der Waals surface area contributed by atoms with Gasteiger partial charge in [-0.1, -0.05) is 0 Å². The molecule has 1 unspecified atom stereocenters. The van der Waals surface area contributed by atoms with E-state index in [4.69, 9.17) is 5.73 Å². The van der Waals surface area contributed by atoms with Crippen molar-refractivity contribution in [1.82, 2.24) is 19.7 Å². The summed E-state index contributed by atoms with van der Waals surface area (Å²) in [6.45, 7) is 1.87. The van der Waals surface area contributed by atoms with Crippen LogP contribution in [-0.2, 0) is 4.79 Å². The molecule has 7 nitrogen and oxygen atoms in total. The van der Waals surface area contributed by atoms with Gasteiger partial charge in [-0.15, -0.1) is 24.8 Å². The van der Waals surface area contributed by atoms with Crippen molar-refractivity contribution in [2.45, 2.75) is 25.8 Å². The smallest absolute Gasteiger partial charge is 0.224 e. The first kappa shape index (κ1) is 19.3. The highest BCUT2D eigenvalue weighted by Crippen LogP contribution is 2.16. The summed E-state index contributed by atoms with van der Waals surface area (Å²) in [5, 5.41) is 6.81. The van der Waals surface area contributed by atoms with E-state index in [-0.39, 0.29) is 36.8 Å². The van der Waals surface area contributed by atoms with Crippen molar-refractivity contribution >= 4 is 36.4 Å². The average Bonchev–Trinajstić information content (AvgIpc) is 2.91. The zero-order chi connectivity index (χ0) is 13.7. The number of hydrogen-bond acceptors (Lipinski definition) is 5. The van der Waals surface area contributed by atoms with Gasteiger partial charge >= 0.3 is 0 Å². The molecule has 0 aromatic carbocycles. The highest BCUT2D eigenvalue weighted by atomic mass is 35.5. The number of nitrogens with zero attached hydrogens (tertiary/aromatic N) is 4. The van der Waals surface area contributed by atoms with Crippen LogP contribution in [0.15, 0.2) is 31.0 Å². The second-order valence-corrected chi connectivity index (χ2v) is 4.28. The molecule has 0 fully saturated rings. The molecular formula is C12H18Cl2N6O. The average molecular weight is 333 g/mol. The van der Waals surface area contributed by atoms with Crippen LogP contribution in [0.2, 0.25) is 0 Å². The van der Waals surface area contributed by atoms with Gasteiger partial charge in [0.25, 0.3) is 0 Å². The number of aromatic nitrogens is 4. The standard InChI is InChI=1S/C12H16N6O.2ClH/c1-9(13)4-5-11(19)17-10-3-2-6-15-12(10)18-8-14-7-16-18;;/h2-3,6-9H,4-5,13H2,1H3,(H,17,19);2*1H. The Balaban J connectivity index is 0.00000200. The molecule has 0 aliphatic carbocycles. The maximum atomic E-state index is 11.8. The molecule has 0 aliphatic rings. The molecule has 0 saturated heterocycles. The van der Waals surface area contributed by atoms with Crippen LogP contribution in [0.1, 0.15) is 19.8 Å². The number of nitrogens with two attached hydrogens (primary N) is 1. The molecular weight excluding hydrogens is 315 g/mol. The molecule has 116 valence electrons. The minimum Gasteiger partial charge on any atom is -0.328 e. The molecule has 2 aromatic rings. The summed E-state index contributed by atoms with van der Waals surface area (Å²) < 4.78 is 1.50. The molecule has 0 spiro atoms. The molecule has 9 heteroatoms. The van der Waals surface area contributed by atoms with Crippen LogP contribution in [0, 0.1) is 0 Å². The van der Waals surface area contributed by atoms with Crippen LogP contribution >= 0.6 is 24.8 Å². The Morgan fingerprint density at radius 1 is 1.48 bits per heavy atom. The number of rotatable bonds is 5. The van der Waals surface area contributed by atoms with Crippen LogP contribution in [-0.4, -0.2) is 31.7 Å². The van der Waals surface area contributed by atoms with Crippen LogP contribution in [0.5, 0.6) is 0 Å². The second-order valence-electron chi connectivity index (χ2n) is 4.28. The van der Waals surface area contributed by atoms with Gasteiger partial charge in [0.05, 0.1) is 5.69 Å². The molecule has 2 heterocycles. The number of hydrogen-bond donors (Lipinski definition) is 2. The van der Waals surface area contributed by atoms with Gasteiger partial charge in [-0.3, -0.25) is 4.79 Å². The Labute approximate surface area is 135 Å². The van der Waals surface area contributed by atoms with Crippen molar-refractivity contribution in [3.63, 3.8) is 0 Å². The van der Waals surface area contributed by atoms with Crippen LogP contribution < -0.4 is 11.1 Å². The molecule has 0 aliphatic heterocycles. The third-order valence-corrected chi connectivity index (χ3v) is 2.52.